The van der Waals surface area contributed by atoms with Crippen LogP contribution in [-0.4, -0.2) is 13.1 Å². The molecule has 0 amide bonds. The van der Waals surface area contributed by atoms with Crippen molar-refractivity contribution in [1.29, 1.82) is 0 Å². The Morgan fingerprint density at radius 3 is 2.53 bits per heavy atom. The van der Waals surface area contributed by atoms with Gasteiger partial charge in [-0.2, -0.15) is 0 Å². The molecule has 1 rings (SSSR count). The maximum Gasteiger partial charge on any atom is 0.0276 e. The number of hydrogen-bond donors (Lipinski definition) is 1. The van der Waals surface area contributed by atoms with Gasteiger partial charge < -0.3 is 5.32 Å². The zero-order valence-electron chi connectivity index (χ0n) is 11.9. The van der Waals surface area contributed by atoms with Crippen LogP contribution in [0.4, 0.5) is 0 Å². The van der Waals surface area contributed by atoms with Crippen molar-refractivity contribution in [2.24, 2.45) is 0 Å². The summed E-state index contributed by atoms with van der Waals surface area (Å²) in [6.07, 6.45) is 17.7. The van der Waals surface area contributed by atoms with Gasteiger partial charge in [0, 0.05) is 6.04 Å². The predicted octanol–water partition coefficient (Wildman–Crippen LogP) is 4.83. The van der Waals surface area contributed by atoms with E-state index in [0.717, 1.165) is 0 Å². The average molecular weight is 237 g/mol. The number of hydrogen-bond acceptors (Lipinski definition) is 1. The normalized spacial score (nSPS) is 17.9. The number of nitrogens with one attached hydrogen (secondary N) is 1. The van der Waals surface area contributed by atoms with Gasteiger partial charge in [0.05, 0.1) is 0 Å². The molecule has 1 nitrogen and oxygen atoms in total. The molecular weight excluding hydrogens is 206 g/mol. The first kappa shape index (κ1) is 14.8. The van der Waals surface area contributed by atoms with E-state index in [9.17, 15) is 0 Å². The fourth-order valence-electron chi connectivity index (χ4n) is 2.82. The fraction of sp³-hybridized carbons (Fsp3) is 0.875. The van der Waals surface area contributed by atoms with Gasteiger partial charge in [-0.05, 0) is 39.2 Å². The Balaban J connectivity index is 2.12. The number of rotatable bonds is 9. The maximum absolute atomic E-state index is 3.51. The Hall–Kier alpha value is -0.300. The van der Waals surface area contributed by atoms with E-state index in [1.54, 1.807) is 5.57 Å². The van der Waals surface area contributed by atoms with E-state index >= 15 is 0 Å². The van der Waals surface area contributed by atoms with Crippen molar-refractivity contribution in [3.05, 3.63) is 11.6 Å². The van der Waals surface area contributed by atoms with Crippen molar-refractivity contribution in [3.8, 4) is 0 Å². The highest BCUT2D eigenvalue weighted by atomic mass is 14.9. The zero-order valence-corrected chi connectivity index (χ0v) is 11.9. The lowest BCUT2D eigenvalue weighted by Crippen LogP contribution is -2.28. The molecule has 1 aliphatic rings. The Kier molecular flexibility index (Phi) is 8.42. The van der Waals surface area contributed by atoms with Crippen LogP contribution in [0.3, 0.4) is 0 Å². The van der Waals surface area contributed by atoms with Crippen molar-refractivity contribution in [1.82, 2.24) is 5.32 Å². The summed E-state index contributed by atoms with van der Waals surface area (Å²) in [6, 6.07) is 0.668. The molecule has 0 aliphatic heterocycles. The number of allylic oxidation sites excluding steroid dienone is 1. The molecule has 0 saturated heterocycles. The third-order valence-corrected chi connectivity index (χ3v) is 3.97. The van der Waals surface area contributed by atoms with E-state index in [4.69, 9.17) is 0 Å². The molecule has 0 aromatic heterocycles. The van der Waals surface area contributed by atoms with Crippen molar-refractivity contribution >= 4 is 0 Å². The smallest absolute Gasteiger partial charge is 0.0276 e. The van der Waals surface area contributed by atoms with Gasteiger partial charge in [-0.25, -0.2) is 0 Å². The van der Waals surface area contributed by atoms with Gasteiger partial charge in [-0.15, -0.1) is 0 Å². The fourth-order valence-corrected chi connectivity index (χ4v) is 2.82. The summed E-state index contributed by atoms with van der Waals surface area (Å²) < 4.78 is 0. The summed E-state index contributed by atoms with van der Waals surface area (Å²) in [5.41, 5.74) is 1.69. The topological polar surface area (TPSA) is 12.0 Å². The van der Waals surface area contributed by atoms with Crippen LogP contribution >= 0.6 is 0 Å². The molecule has 0 saturated carbocycles. The van der Waals surface area contributed by atoms with Gasteiger partial charge in [0.2, 0.25) is 0 Å². The third-order valence-electron chi connectivity index (χ3n) is 3.97. The summed E-state index contributed by atoms with van der Waals surface area (Å²) >= 11 is 0. The molecule has 0 spiro atoms. The Bertz CT molecular complexity index is 208. The van der Waals surface area contributed by atoms with E-state index in [0.29, 0.717) is 6.04 Å². The highest BCUT2D eigenvalue weighted by molar-refractivity contribution is 5.12. The van der Waals surface area contributed by atoms with E-state index in [2.05, 4.69) is 25.4 Å². The summed E-state index contributed by atoms with van der Waals surface area (Å²) in [6.45, 7) is 2.28. The molecule has 0 fully saturated rings. The second-order valence-corrected chi connectivity index (χ2v) is 5.42. The molecule has 0 bridgehead atoms. The van der Waals surface area contributed by atoms with E-state index < -0.39 is 0 Å². The minimum Gasteiger partial charge on any atom is -0.313 e. The first-order chi connectivity index (χ1) is 8.38. The Morgan fingerprint density at radius 2 is 1.88 bits per heavy atom. The summed E-state index contributed by atoms with van der Waals surface area (Å²) in [5.74, 6) is 0. The molecule has 1 heteroatoms. The predicted molar refractivity (Wildman–Crippen MR) is 77.4 cm³/mol. The highest BCUT2D eigenvalue weighted by Crippen LogP contribution is 2.23. The quantitative estimate of drug-likeness (QED) is 0.447. The second kappa shape index (κ2) is 9.70. The largest absolute Gasteiger partial charge is 0.313 e. The molecule has 1 unspecified atom stereocenters. The second-order valence-electron chi connectivity index (χ2n) is 5.42. The maximum atomic E-state index is 3.51. The van der Waals surface area contributed by atoms with Crippen LogP contribution < -0.4 is 5.32 Å². The minimum absolute atomic E-state index is 0.668. The van der Waals surface area contributed by atoms with Crippen molar-refractivity contribution < 1.29 is 0 Å². The molecule has 0 aromatic carbocycles. The Labute approximate surface area is 108 Å². The van der Waals surface area contributed by atoms with Crippen LogP contribution in [0, 0.1) is 0 Å². The minimum atomic E-state index is 0.668. The lowest BCUT2D eigenvalue weighted by atomic mass is 9.91. The summed E-state index contributed by atoms with van der Waals surface area (Å²) in [4.78, 5) is 0. The highest BCUT2D eigenvalue weighted by Gasteiger charge is 2.13. The average Bonchev–Trinajstić information content (AvgIpc) is 2.39. The van der Waals surface area contributed by atoms with Crippen molar-refractivity contribution in [3.63, 3.8) is 0 Å². The van der Waals surface area contributed by atoms with Gasteiger partial charge in [0.25, 0.3) is 0 Å². The van der Waals surface area contributed by atoms with Gasteiger partial charge in [-0.3, -0.25) is 0 Å². The lowest BCUT2D eigenvalue weighted by Gasteiger charge is -2.22. The molecule has 1 N–H and O–H groups in total. The first-order valence-corrected chi connectivity index (χ1v) is 7.74. The lowest BCUT2D eigenvalue weighted by molar-refractivity contribution is 0.500. The molecule has 0 radical (unpaired) electrons. The first-order valence-electron chi connectivity index (χ1n) is 7.74. The van der Waals surface area contributed by atoms with Gasteiger partial charge in [0.15, 0.2) is 0 Å². The molecule has 100 valence electrons. The van der Waals surface area contributed by atoms with Crippen molar-refractivity contribution in [2.75, 3.05) is 7.05 Å². The van der Waals surface area contributed by atoms with E-state index in [1.807, 2.05) is 0 Å². The van der Waals surface area contributed by atoms with Crippen LogP contribution in [0.1, 0.15) is 77.6 Å². The molecule has 1 aliphatic carbocycles. The zero-order chi connectivity index (χ0) is 12.3. The van der Waals surface area contributed by atoms with Crippen LogP contribution in [0.5, 0.6) is 0 Å². The third kappa shape index (κ3) is 6.26. The van der Waals surface area contributed by atoms with Crippen LogP contribution in [0.15, 0.2) is 11.6 Å². The number of likely N-dealkylation sites (N-methyl/N-ethyl adjacent to an activating group) is 1. The van der Waals surface area contributed by atoms with E-state index in [1.165, 1.54) is 70.6 Å². The molecule has 1 atom stereocenters. The molecule has 0 aromatic rings. The molecule has 0 heterocycles. The molecular formula is C16H31N. The molecule has 17 heavy (non-hydrogen) atoms. The summed E-state index contributed by atoms with van der Waals surface area (Å²) in [5, 5.41) is 3.51. The van der Waals surface area contributed by atoms with E-state index in [-0.39, 0.29) is 0 Å². The summed E-state index contributed by atoms with van der Waals surface area (Å²) in [7, 11) is 2.12. The van der Waals surface area contributed by atoms with Crippen LogP contribution in [0.25, 0.3) is 0 Å². The standard InChI is InChI=1S/C16H31N/c1-3-4-5-6-7-11-14-16(17-2)15-12-9-8-10-13-15/h12,16-17H,3-11,13-14H2,1-2H3. The van der Waals surface area contributed by atoms with Crippen LogP contribution in [-0.2, 0) is 0 Å². The van der Waals surface area contributed by atoms with Gasteiger partial charge in [0.1, 0.15) is 0 Å². The SMILES string of the molecule is CCCCCCCCC(NC)C1=CCCCC1. The monoisotopic (exact) mass is 237 g/mol. The van der Waals surface area contributed by atoms with Crippen molar-refractivity contribution in [2.45, 2.75) is 83.6 Å². The number of unbranched alkanes of at least 4 members (excludes halogenated alkanes) is 5. The Morgan fingerprint density at radius 1 is 1.12 bits per heavy atom. The van der Waals surface area contributed by atoms with Crippen LogP contribution in [0.2, 0.25) is 0 Å². The van der Waals surface area contributed by atoms with Gasteiger partial charge in [-0.1, -0.05) is 57.1 Å². The van der Waals surface area contributed by atoms with Gasteiger partial charge >= 0.3 is 0 Å².